The molecule has 1 heterocycles. The summed E-state index contributed by atoms with van der Waals surface area (Å²) in [5, 5.41) is 3.16. The van der Waals surface area contributed by atoms with Crippen molar-refractivity contribution in [2.75, 3.05) is 4.90 Å². The first-order valence-corrected chi connectivity index (χ1v) is 10.00. The van der Waals surface area contributed by atoms with Gasteiger partial charge in [-0.1, -0.05) is 49.6 Å². The minimum atomic E-state index is -0.0860. The van der Waals surface area contributed by atoms with E-state index in [1.54, 1.807) is 0 Å². The van der Waals surface area contributed by atoms with Crippen molar-refractivity contribution in [1.82, 2.24) is 15.3 Å². The van der Waals surface area contributed by atoms with Crippen LogP contribution in [-0.4, -0.2) is 28.0 Å². The first kappa shape index (κ1) is 19.3. The number of carbonyl (C=O) groups is 1. The molecule has 0 atom stereocenters. The third-order valence-electron chi connectivity index (χ3n) is 5.11. The van der Waals surface area contributed by atoms with Crippen molar-refractivity contribution in [1.29, 1.82) is 0 Å². The van der Waals surface area contributed by atoms with E-state index in [0.717, 1.165) is 25.2 Å². The molecule has 144 valence electrons. The molecule has 5 heteroatoms. The first-order chi connectivity index (χ1) is 13.0. The third kappa shape index (κ3) is 5.28. The lowest BCUT2D eigenvalue weighted by Gasteiger charge is -2.28. The number of nitrogens with zero attached hydrogens (tertiary/aromatic N) is 3. The summed E-state index contributed by atoms with van der Waals surface area (Å²) in [6.45, 7) is 6.88. The van der Waals surface area contributed by atoms with Crippen LogP contribution in [0.2, 0.25) is 0 Å². The van der Waals surface area contributed by atoms with Crippen molar-refractivity contribution >= 4 is 11.7 Å². The van der Waals surface area contributed by atoms with Crippen LogP contribution in [0.5, 0.6) is 0 Å². The highest BCUT2D eigenvalue weighted by Crippen LogP contribution is 2.21. The number of aromatic nitrogens is 2. The van der Waals surface area contributed by atoms with Gasteiger partial charge in [-0.2, -0.15) is 0 Å². The van der Waals surface area contributed by atoms with Gasteiger partial charge in [0.1, 0.15) is 17.3 Å². The van der Waals surface area contributed by atoms with Crippen LogP contribution in [0.1, 0.15) is 67.8 Å². The third-order valence-corrected chi connectivity index (χ3v) is 5.11. The van der Waals surface area contributed by atoms with Crippen LogP contribution in [0.25, 0.3) is 0 Å². The van der Waals surface area contributed by atoms with Gasteiger partial charge < -0.3 is 10.2 Å². The Balaban J connectivity index is 1.80. The molecular formula is C22H30N4O. The Labute approximate surface area is 162 Å². The van der Waals surface area contributed by atoms with Gasteiger partial charge in [0.15, 0.2) is 0 Å². The van der Waals surface area contributed by atoms with Gasteiger partial charge in [-0.05, 0) is 39.2 Å². The normalized spacial score (nSPS) is 15.0. The highest BCUT2D eigenvalue weighted by atomic mass is 16.1. The van der Waals surface area contributed by atoms with Crippen molar-refractivity contribution in [3.05, 3.63) is 53.5 Å². The molecular weight excluding hydrogens is 336 g/mol. The summed E-state index contributed by atoms with van der Waals surface area (Å²) in [5.74, 6) is 1.34. The Morgan fingerprint density at radius 2 is 1.85 bits per heavy atom. The van der Waals surface area contributed by atoms with Crippen LogP contribution in [-0.2, 0) is 6.54 Å². The van der Waals surface area contributed by atoms with Crippen molar-refractivity contribution in [2.24, 2.45) is 0 Å². The molecule has 0 unspecified atom stereocenters. The fourth-order valence-corrected chi connectivity index (χ4v) is 3.63. The van der Waals surface area contributed by atoms with E-state index in [1.165, 1.54) is 24.8 Å². The molecule has 1 fully saturated rings. The second kappa shape index (κ2) is 8.98. The Kier molecular flexibility index (Phi) is 6.43. The molecule has 1 saturated carbocycles. The van der Waals surface area contributed by atoms with E-state index in [0.29, 0.717) is 11.5 Å². The van der Waals surface area contributed by atoms with Crippen LogP contribution in [0.4, 0.5) is 5.82 Å². The van der Waals surface area contributed by atoms with Crippen LogP contribution in [0.3, 0.4) is 0 Å². The summed E-state index contributed by atoms with van der Waals surface area (Å²) in [6.07, 6.45) is 5.78. The fraction of sp³-hybridized carbons (Fsp3) is 0.500. The maximum atomic E-state index is 12.7. The molecule has 1 N–H and O–H groups in total. The zero-order chi connectivity index (χ0) is 19.2. The van der Waals surface area contributed by atoms with Gasteiger partial charge in [-0.15, -0.1) is 0 Å². The van der Waals surface area contributed by atoms with Crippen molar-refractivity contribution in [2.45, 2.75) is 71.5 Å². The minimum Gasteiger partial charge on any atom is -0.350 e. The highest BCUT2D eigenvalue weighted by Gasteiger charge is 2.20. The molecule has 3 rings (SSSR count). The van der Waals surface area contributed by atoms with Crippen LogP contribution >= 0.6 is 0 Å². The number of aryl methyl sites for hydroxylation is 1. The van der Waals surface area contributed by atoms with Gasteiger partial charge in [0.05, 0.1) is 0 Å². The number of carbonyl (C=O) groups excluding carboxylic acids is 1. The average molecular weight is 367 g/mol. The molecule has 0 bridgehead atoms. The van der Waals surface area contributed by atoms with Crippen LogP contribution in [0, 0.1) is 6.92 Å². The quantitative estimate of drug-likeness (QED) is 0.830. The fourth-order valence-electron chi connectivity index (χ4n) is 3.63. The highest BCUT2D eigenvalue weighted by molar-refractivity contribution is 5.93. The first-order valence-electron chi connectivity index (χ1n) is 10.00. The number of amides is 1. The second-order valence-corrected chi connectivity index (χ2v) is 7.67. The molecule has 1 aliphatic rings. The molecule has 0 radical (unpaired) electrons. The van der Waals surface area contributed by atoms with Gasteiger partial charge >= 0.3 is 0 Å². The van der Waals surface area contributed by atoms with Gasteiger partial charge in [0.2, 0.25) is 0 Å². The number of benzene rings is 1. The SMILES string of the molecule is Cc1nc(C(=O)NC2CCCCC2)cc(N(Cc2ccccc2)C(C)C)n1. The summed E-state index contributed by atoms with van der Waals surface area (Å²) in [6, 6.07) is 12.7. The number of hydrogen-bond donors (Lipinski definition) is 1. The standard InChI is InChI=1S/C22H30N4O/c1-16(2)26(15-18-10-6-4-7-11-18)21-14-20(23-17(3)24-21)22(27)25-19-12-8-5-9-13-19/h4,6-7,10-11,14,16,19H,5,8-9,12-13,15H2,1-3H3,(H,25,27). The molecule has 1 aliphatic carbocycles. The predicted octanol–water partition coefficient (Wildman–Crippen LogP) is 4.26. The second-order valence-electron chi connectivity index (χ2n) is 7.67. The maximum Gasteiger partial charge on any atom is 0.270 e. The number of hydrogen-bond acceptors (Lipinski definition) is 4. The zero-order valence-corrected chi connectivity index (χ0v) is 16.6. The van der Waals surface area contributed by atoms with Crippen LogP contribution in [0.15, 0.2) is 36.4 Å². The Bertz CT molecular complexity index is 754. The van der Waals surface area contributed by atoms with Gasteiger partial charge in [-0.25, -0.2) is 9.97 Å². The monoisotopic (exact) mass is 366 g/mol. The smallest absolute Gasteiger partial charge is 0.270 e. The lowest BCUT2D eigenvalue weighted by atomic mass is 9.95. The lowest BCUT2D eigenvalue weighted by Crippen LogP contribution is -2.37. The summed E-state index contributed by atoms with van der Waals surface area (Å²) in [7, 11) is 0. The van der Waals surface area contributed by atoms with E-state index in [4.69, 9.17) is 0 Å². The van der Waals surface area contributed by atoms with Gasteiger partial charge in [0.25, 0.3) is 5.91 Å². The number of nitrogens with one attached hydrogen (secondary N) is 1. The molecule has 0 saturated heterocycles. The molecule has 1 aromatic heterocycles. The molecule has 27 heavy (non-hydrogen) atoms. The Morgan fingerprint density at radius 1 is 1.15 bits per heavy atom. The largest absolute Gasteiger partial charge is 0.350 e. The van der Waals surface area contributed by atoms with E-state index >= 15 is 0 Å². The van der Waals surface area contributed by atoms with E-state index in [1.807, 2.05) is 31.2 Å². The number of anilines is 1. The van der Waals surface area contributed by atoms with E-state index in [-0.39, 0.29) is 18.0 Å². The summed E-state index contributed by atoms with van der Waals surface area (Å²) in [4.78, 5) is 24.0. The van der Waals surface area contributed by atoms with Crippen molar-refractivity contribution in [3.63, 3.8) is 0 Å². The summed E-state index contributed by atoms with van der Waals surface area (Å²) in [5.41, 5.74) is 1.68. The number of rotatable bonds is 6. The van der Waals surface area contributed by atoms with Crippen molar-refractivity contribution < 1.29 is 4.79 Å². The Morgan fingerprint density at radius 3 is 2.52 bits per heavy atom. The molecule has 0 aliphatic heterocycles. The van der Waals surface area contributed by atoms with Gasteiger partial charge in [-0.3, -0.25) is 4.79 Å². The predicted molar refractivity (Wildman–Crippen MR) is 109 cm³/mol. The minimum absolute atomic E-state index is 0.0860. The molecule has 1 amide bonds. The topological polar surface area (TPSA) is 58.1 Å². The molecule has 5 nitrogen and oxygen atoms in total. The molecule has 0 spiro atoms. The van der Waals surface area contributed by atoms with Gasteiger partial charge in [0, 0.05) is 24.7 Å². The Hall–Kier alpha value is -2.43. The maximum absolute atomic E-state index is 12.7. The van der Waals surface area contributed by atoms with Crippen molar-refractivity contribution in [3.8, 4) is 0 Å². The van der Waals surface area contributed by atoms with E-state index in [9.17, 15) is 4.79 Å². The molecule has 1 aromatic carbocycles. The lowest BCUT2D eigenvalue weighted by molar-refractivity contribution is 0.0922. The van der Waals surface area contributed by atoms with E-state index in [2.05, 4.69) is 46.2 Å². The summed E-state index contributed by atoms with van der Waals surface area (Å²) >= 11 is 0. The van der Waals surface area contributed by atoms with Crippen LogP contribution < -0.4 is 10.2 Å². The average Bonchev–Trinajstić information content (AvgIpc) is 2.67. The summed E-state index contributed by atoms with van der Waals surface area (Å²) < 4.78 is 0. The molecule has 2 aromatic rings. The van der Waals surface area contributed by atoms with E-state index < -0.39 is 0 Å². The zero-order valence-electron chi connectivity index (χ0n) is 16.6.